The molecule has 2 rings (SSSR count). The number of anilines is 1. The molecule has 0 saturated carbocycles. The quantitative estimate of drug-likeness (QED) is 0.809. The molecule has 0 saturated heterocycles. The van der Waals surface area contributed by atoms with Crippen molar-refractivity contribution in [2.24, 2.45) is 0 Å². The minimum atomic E-state index is -3.68. The molecule has 102 valence electrons. The van der Waals surface area contributed by atoms with Crippen molar-refractivity contribution in [2.45, 2.75) is 10.8 Å². The molecule has 0 aliphatic carbocycles. The van der Waals surface area contributed by atoms with Crippen molar-refractivity contribution in [3.8, 4) is 0 Å². The standard InChI is InChI=1S/C12H11ClFNO2S2/c1-15(10-4-2-3-9(14)5-10)19(16,17)12-6-11(7-13)18-8-12/h2-6,8H,7H2,1H3. The van der Waals surface area contributed by atoms with Crippen LogP contribution >= 0.6 is 22.9 Å². The van der Waals surface area contributed by atoms with E-state index in [1.807, 2.05) is 0 Å². The second-order valence-corrected chi connectivity index (χ2v) is 7.07. The summed E-state index contributed by atoms with van der Waals surface area (Å²) in [4.78, 5) is 0.938. The van der Waals surface area contributed by atoms with Gasteiger partial charge in [0, 0.05) is 17.3 Å². The SMILES string of the molecule is CN(c1cccc(F)c1)S(=O)(=O)c1csc(CCl)c1. The fourth-order valence-corrected chi connectivity index (χ4v) is 4.10. The van der Waals surface area contributed by atoms with E-state index in [9.17, 15) is 12.8 Å². The van der Waals surface area contributed by atoms with Gasteiger partial charge in [0.05, 0.1) is 16.5 Å². The Hall–Kier alpha value is -1.11. The van der Waals surface area contributed by atoms with Crippen LogP contribution < -0.4 is 4.31 Å². The number of benzene rings is 1. The summed E-state index contributed by atoms with van der Waals surface area (Å²) in [6.45, 7) is 0. The molecular formula is C12H11ClFNO2S2. The third-order valence-electron chi connectivity index (χ3n) is 2.59. The van der Waals surface area contributed by atoms with Crippen LogP contribution in [-0.2, 0) is 15.9 Å². The minimum absolute atomic E-state index is 0.167. The molecule has 0 unspecified atom stereocenters. The van der Waals surface area contributed by atoms with E-state index in [4.69, 9.17) is 11.6 Å². The number of hydrogen-bond acceptors (Lipinski definition) is 3. The van der Waals surface area contributed by atoms with E-state index in [1.54, 1.807) is 0 Å². The Morgan fingerprint density at radius 1 is 1.37 bits per heavy atom. The summed E-state index contributed by atoms with van der Waals surface area (Å²) in [7, 11) is -2.29. The molecule has 7 heteroatoms. The molecule has 0 atom stereocenters. The van der Waals surface area contributed by atoms with Gasteiger partial charge in [-0.05, 0) is 24.3 Å². The highest BCUT2D eigenvalue weighted by Gasteiger charge is 2.22. The molecule has 0 fully saturated rings. The minimum Gasteiger partial charge on any atom is -0.269 e. The summed E-state index contributed by atoms with van der Waals surface area (Å²) in [5.41, 5.74) is 0.277. The molecule has 0 amide bonds. The summed E-state index contributed by atoms with van der Waals surface area (Å²) in [5.74, 6) is -0.213. The van der Waals surface area contributed by atoms with Crippen LogP contribution in [0, 0.1) is 5.82 Å². The van der Waals surface area contributed by atoms with Crippen molar-refractivity contribution in [3.05, 3.63) is 46.4 Å². The van der Waals surface area contributed by atoms with Crippen molar-refractivity contribution in [1.82, 2.24) is 0 Å². The molecule has 19 heavy (non-hydrogen) atoms. The normalized spacial score (nSPS) is 11.5. The maximum atomic E-state index is 13.1. The monoisotopic (exact) mass is 319 g/mol. The first kappa shape index (κ1) is 14.3. The lowest BCUT2D eigenvalue weighted by Gasteiger charge is -2.18. The molecule has 0 aliphatic rings. The van der Waals surface area contributed by atoms with Gasteiger partial charge in [-0.2, -0.15) is 0 Å². The Morgan fingerprint density at radius 2 is 2.11 bits per heavy atom. The first-order valence-corrected chi connectivity index (χ1v) is 8.18. The molecule has 0 spiro atoms. The zero-order chi connectivity index (χ0) is 14.0. The van der Waals surface area contributed by atoms with E-state index in [2.05, 4.69) is 0 Å². The Morgan fingerprint density at radius 3 is 2.68 bits per heavy atom. The van der Waals surface area contributed by atoms with Crippen molar-refractivity contribution in [3.63, 3.8) is 0 Å². The number of halogens is 2. The van der Waals surface area contributed by atoms with Gasteiger partial charge in [0.2, 0.25) is 0 Å². The van der Waals surface area contributed by atoms with Crippen LogP contribution in [0.4, 0.5) is 10.1 Å². The lowest BCUT2D eigenvalue weighted by atomic mass is 10.3. The first-order chi connectivity index (χ1) is 8.95. The Balaban J connectivity index is 2.39. The molecule has 2 aromatic rings. The number of alkyl halides is 1. The van der Waals surface area contributed by atoms with Crippen LogP contribution in [0.5, 0.6) is 0 Å². The van der Waals surface area contributed by atoms with Crippen molar-refractivity contribution in [1.29, 1.82) is 0 Å². The van der Waals surface area contributed by atoms with E-state index in [1.165, 1.54) is 54.1 Å². The highest BCUT2D eigenvalue weighted by molar-refractivity contribution is 7.93. The number of thiophene rings is 1. The predicted octanol–water partition coefficient (Wildman–Crippen LogP) is 3.45. The van der Waals surface area contributed by atoms with Crippen molar-refractivity contribution >= 4 is 38.6 Å². The lowest BCUT2D eigenvalue weighted by molar-refractivity contribution is 0.594. The molecule has 0 aliphatic heterocycles. The third kappa shape index (κ3) is 2.91. The third-order valence-corrected chi connectivity index (χ3v) is 5.89. The number of sulfonamides is 1. The van der Waals surface area contributed by atoms with Crippen molar-refractivity contribution < 1.29 is 12.8 Å². The smallest absolute Gasteiger partial charge is 0.264 e. The van der Waals surface area contributed by atoms with E-state index in [0.717, 1.165) is 9.18 Å². The van der Waals surface area contributed by atoms with Gasteiger partial charge < -0.3 is 0 Å². The second kappa shape index (κ2) is 5.48. The molecule has 0 radical (unpaired) electrons. The predicted molar refractivity (Wildman–Crippen MR) is 75.9 cm³/mol. The van der Waals surface area contributed by atoms with Crippen LogP contribution in [0.15, 0.2) is 40.6 Å². The lowest BCUT2D eigenvalue weighted by Crippen LogP contribution is -2.26. The van der Waals surface area contributed by atoms with E-state index >= 15 is 0 Å². The molecule has 3 nitrogen and oxygen atoms in total. The van der Waals surface area contributed by atoms with Gasteiger partial charge in [-0.25, -0.2) is 12.8 Å². The fraction of sp³-hybridized carbons (Fsp3) is 0.167. The van der Waals surface area contributed by atoms with E-state index < -0.39 is 15.8 Å². The van der Waals surface area contributed by atoms with Gasteiger partial charge in [0.1, 0.15) is 5.82 Å². The average Bonchev–Trinajstić information content (AvgIpc) is 2.87. The highest BCUT2D eigenvalue weighted by atomic mass is 35.5. The van der Waals surface area contributed by atoms with Gasteiger partial charge >= 0.3 is 0 Å². The summed E-state index contributed by atoms with van der Waals surface area (Å²) in [6.07, 6.45) is 0. The number of hydrogen-bond donors (Lipinski definition) is 0. The van der Waals surface area contributed by atoms with E-state index in [0.29, 0.717) is 0 Å². The molecule has 0 N–H and O–H groups in total. The maximum absolute atomic E-state index is 13.1. The summed E-state index contributed by atoms with van der Waals surface area (Å²) in [6, 6.07) is 6.97. The van der Waals surface area contributed by atoms with Gasteiger partial charge in [-0.15, -0.1) is 22.9 Å². The van der Waals surface area contributed by atoms with Crippen LogP contribution in [0.3, 0.4) is 0 Å². The van der Waals surface area contributed by atoms with Crippen LogP contribution in [-0.4, -0.2) is 15.5 Å². The highest BCUT2D eigenvalue weighted by Crippen LogP contribution is 2.26. The number of rotatable bonds is 4. The van der Waals surface area contributed by atoms with Crippen LogP contribution in [0.1, 0.15) is 4.88 Å². The summed E-state index contributed by atoms with van der Waals surface area (Å²) in [5, 5.41) is 1.53. The Bertz CT molecular complexity index is 685. The first-order valence-electron chi connectivity index (χ1n) is 5.33. The largest absolute Gasteiger partial charge is 0.269 e. The fourth-order valence-electron chi connectivity index (χ4n) is 1.53. The van der Waals surface area contributed by atoms with Crippen molar-refractivity contribution in [2.75, 3.05) is 11.4 Å². The van der Waals surface area contributed by atoms with Crippen LogP contribution in [0.2, 0.25) is 0 Å². The van der Waals surface area contributed by atoms with Crippen LogP contribution in [0.25, 0.3) is 0 Å². The molecular weight excluding hydrogens is 309 g/mol. The Kier molecular flexibility index (Phi) is 4.13. The van der Waals surface area contributed by atoms with Gasteiger partial charge in [0.25, 0.3) is 10.0 Å². The maximum Gasteiger partial charge on any atom is 0.264 e. The number of nitrogens with zero attached hydrogens (tertiary/aromatic N) is 1. The van der Waals surface area contributed by atoms with Gasteiger partial charge in [-0.1, -0.05) is 6.07 Å². The molecule has 1 aromatic carbocycles. The second-order valence-electron chi connectivity index (χ2n) is 3.83. The van der Waals surface area contributed by atoms with E-state index in [-0.39, 0.29) is 16.5 Å². The molecule has 1 aromatic heterocycles. The summed E-state index contributed by atoms with van der Waals surface area (Å²) >= 11 is 6.94. The molecule has 1 heterocycles. The zero-order valence-corrected chi connectivity index (χ0v) is 12.4. The Labute approximate surface area is 120 Å². The van der Waals surface area contributed by atoms with Gasteiger partial charge in [-0.3, -0.25) is 4.31 Å². The van der Waals surface area contributed by atoms with Gasteiger partial charge in [0.15, 0.2) is 0 Å². The average molecular weight is 320 g/mol. The molecule has 0 bridgehead atoms. The topological polar surface area (TPSA) is 37.4 Å². The zero-order valence-electron chi connectivity index (χ0n) is 10.0. The summed E-state index contributed by atoms with van der Waals surface area (Å²) < 4.78 is 38.9.